The third-order valence-electron chi connectivity index (χ3n) is 11.6. The Balaban J connectivity index is 1.61. The van der Waals surface area contributed by atoms with Gasteiger partial charge in [-0.05, 0) is 104 Å². The average Bonchev–Trinajstić information content (AvgIpc) is 3.02. The van der Waals surface area contributed by atoms with Gasteiger partial charge in [0.25, 0.3) is 0 Å². The number of Topliss-reactive ketones (excluding diaryl/α,β-unsaturated/α-hetero) is 1. The van der Waals surface area contributed by atoms with Crippen LogP contribution in [0.2, 0.25) is 0 Å². The first-order valence-corrected chi connectivity index (χ1v) is 13.3. The van der Waals surface area contributed by atoms with Crippen LogP contribution in [-0.4, -0.2) is 12.1 Å². The van der Waals surface area contributed by atoms with Crippen LogP contribution in [0.5, 0.6) is 0 Å². The predicted molar refractivity (Wildman–Crippen MR) is 132 cm³/mol. The molecule has 0 bridgehead atoms. The predicted octanol–water partition coefficient (Wildman–Crippen LogP) is 7.72. The monoisotopic (exact) mass is 438 g/mol. The van der Waals surface area contributed by atoms with Gasteiger partial charge in [0, 0.05) is 11.8 Å². The van der Waals surface area contributed by atoms with E-state index >= 15 is 0 Å². The lowest BCUT2D eigenvalue weighted by atomic mass is 9.41. The van der Waals surface area contributed by atoms with Crippen LogP contribution in [0, 0.1) is 45.3 Å². The second-order valence-corrected chi connectivity index (χ2v) is 13.2. The first-order valence-electron chi connectivity index (χ1n) is 13.3. The standard InChI is InChI=1S/C30H46O2/c1-20(19-31)9-8-10-21(2)22-13-17-30(7)24-11-12-25-27(3,4)26(32)15-16-28(25,5)23(24)14-18-29(22,30)6/h9,11,19,21-23,25H,8,10,12-18H2,1-7H3/b20-9-/t21?,22-,23?,25?,28+,29-,30+/m0/s1. The van der Waals surface area contributed by atoms with Crippen molar-refractivity contribution >= 4 is 12.1 Å². The molecule has 4 aliphatic carbocycles. The second-order valence-electron chi connectivity index (χ2n) is 13.2. The van der Waals surface area contributed by atoms with Gasteiger partial charge in [-0.25, -0.2) is 0 Å². The van der Waals surface area contributed by atoms with E-state index in [1.165, 1.54) is 32.1 Å². The SMILES string of the molecule is C/C(C=O)=C/CCC(C)[C@@H]1CC[C@]2(C)C3=CCC4C(C)(C)C(=O)CC[C@]4(C)C3CC[C@@]12C. The molecule has 4 rings (SSSR count). The van der Waals surface area contributed by atoms with Gasteiger partial charge in [0.1, 0.15) is 12.1 Å². The number of rotatable bonds is 5. The number of fused-ring (bicyclic) bond motifs is 5. The maximum atomic E-state index is 12.8. The number of hydrogen-bond acceptors (Lipinski definition) is 2. The van der Waals surface area contributed by atoms with E-state index in [9.17, 15) is 9.59 Å². The molecule has 2 nitrogen and oxygen atoms in total. The normalized spacial score (nSPS) is 44.2. The highest BCUT2D eigenvalue weighted by atomic mass is 16.1. The molecule has 4 aliphatic rings. The summed E-state index contributed by atoms with van der Waals surface area (Å²) >= 11 is 0. The van der Waals surface area contributed by atoms with E-state index in [0.29, 0.717) is 34.4 Å². The molecule has 3 fully saturated rings. The first-order chi connectivity index (χ1) is 14.9. The van der Waals surface area contributed by atoms with Crippen LogP contribution in [0.25, 0.3) is 0 Å². The highest BCUT2D eigenvalue weighted by Gasteiger charge is 2.65. The van der Waals surface area contributed by atoms with E-state index in [-0.39, 0.29) is 10.8 Å². The van der Waals surface area contributed by atoms with Crippen molar-refractivity contribution in [2.24, 2.45) is 45.3 Å². The van der Waals surface area contributed by atoms with Gasteiger partial charge in [0.05, 0.1) is 0 Å². The molecule has 0 aromatic heterocycles. The van der Waals surface area contributed by atoms with Gasteiger partial charge in [-0.2, -0.15) is 0 Å². The number of carbonyl (C=O) groups is 2. The molecule has 0 N–H and O–H groups in total. The lowest BCUT2D eigenvalue weighted by Crippen LogP contribution is -2.57. The molecule has 0 amide bonds. The summed E-state index contributed by atoms with van der Waals surface area (Å²) in [5.41, 5.74) is 3.37. The minimum Gasteiger partial charge on any atom is -0.299 e. The zero-order valence-corrected chi connectivity index (χ0v) is 21.7. The van der Waals surface area contributed by atoms with Gasteiger partial charge in [-0.3, -0.25) is 9.59 Å². The summed E-state index contributed by atoms with van der Waals surface area (Å²) in [6.45, 7) is 16.5. The van der Waals surface area contributed by atoms with Gasteiger partial charge >= 0.3 is 0 Å². The summed E-state index contributed by atoms with van der Waals surface area (Å²) in [6, 6.07) is 0. The molecule has 2 heteroatoms. The van der Waals surface area contributed by atoms with Crippen LogP contribution in [-0.2, 0) is 9.59 Å². The summed E-state index contributed by atoms with van der Waals surface area (Å²) in [5, 5.41) is 0. The van der Waals surface area contributed by atoms with Gasteiger partial charge in [-0.15, -0.1) is 0 Å². The van der Waals surface area contributed by atoms with Crippen molar-refractivity contribution in [2.45, 2.75) is 106 Å². The molecule has 0 heterocycles. The number of carbonyl (C=O) groups excluding carboxylic acids is 2. The molecule has 0 spiro atoms. The molecule has 0 aliphatic heterocycles. The molecule has 32 heavy (non-hydrogen) atoms. The van der Waals surface area contributed by atoms with Crippen LogP contribution in [0.3, 0.4) is 0 Å². The van der Waals surface area contributed by atoms with Crippen molar-refractivity contribution in [3.63, 3.8) is 0 Å². The Morgan fingerprint density at radius 3 is 2.53 bits per heavy atom. The van der Waals surface area contributed by atoms with Crippen molar-refractivity contribution < 1.29 is 9.59 Å². The molecular formula is C30H46O2. The van der Waals surface area contributed by atoms with Gasteiger partial charge in [-0.1, -0.05) is 59.3 Å². The van der Waals surface area contributed by atoms with Crippen LogP contribution in [0.15, 0.2) is 23.3 Å². The first kappa shape index (κ1) is 24.0. The van der Waals surface area contributed by atoms with E-state index in [4.69, 9.17) is 0 Å². The lowest BCUT2D eigenvalue weighted by molar-refractivity contribution is -0.146. The molecule has 0 saturated heterocycles. The topological polar surface area (TPSA) is 34.1 Å². The summed E-state index contributed by atoms with van der Waals surface area (Å²) < 4.78 is 0. The summed E-state index contributed by atoms with van der Waals surface area (Å²) in [7, 11) is 0. The largest absolute Gasteiger partial charge is 0.299 e. The Labute approximate surface area is 196 Å². The summed E-state index contributed by atoms with van der Waals surface area (Å²) in [6.07, 6.45) is 16.1. The van der Waals surface area contributed by atoms with E-state index in [1.807, 2.05) is 6.92 Å². The zero-order chi connectivity index (χ0) is 23.5. The zero-order valence-electron chi connectivity index (χ0n) is 21.7. The Morgan fingerprint density at radius 2 is 1.84 bits per heavy atom. The molecule has 3 saturated carbocycles. The molecule has 3 unspecified atom stereocenters. The highest BCUT2D eigenvalue weighted by Crippen LogP contribution is 2.73. The third-order valence-corrected chi connectivity index (χ3v) is 11.6. The summed E-state index contributed by atoms with van der Waals surface area (Å²) in [4.78, 5) is 23.7. The Hall–Kier alpha value is -1.18. The Morgan fingerprint density at radius 1 is 1.12 bits per heavy atom. The van der Waals surface area contributed by atoms with Crippen molar-refractivity contribution in [1.82, 2.24) is 0 Å². The molecule has 0 aromatic rings. The number of hydrogen-bond donors (Lipinski definition) is 0. The highest BCUT2D eigenvalue weighted by molar-refractivity contribution is 5.85. The minimum atomic E-state index is -0.184. The van der Waals surface area contributed by atoms with E-state index in [1.54, 1.807) is 5.57 Å². The van der Waals surface area contributed by atoms with E-state index < -0.39 is 0 Å². The smallest absolute Gasteiger partial charge is 0.145 e. The average molecular weight is 439 g/mol. The molecular weight excluding hydrogens is 392 g/mol. The van der Waals surface area contributed by atoms with Crippen molar-refractivity contribution in [2.75, 3.05) is 0 Å². The summed E-state index contributed by atoms with van der Waals surface area (Å²) in [5.74, 6) is 3.07. The lowest BCUT2D eigenvalue weighted by Gasteiger charge is -2.63. The van der Waals surface area contributed by atoms with Gasteiger partial charge in [0.15, 0.2) is 0 Å². The van der Waals surface area contributed by atoms with Gasteiger partial charge in [0.2, 0.25) is 0 Å². The number of aldehydes is 1. The Kier molecular flexibility index (Phi) is 5.95. The van der Waals surface area contributed by atoms with Gasteiger partial charge < -0.3 is 0 Å². The minimum absolute atomic E-state index is 0.184. The van der Waals surface area contributed by atoms with Crippen LogP contribution in [0.4, 0.5) is 0 Å². The van der Waals surface area contributed by atoms with E-state index in [0.717, 1.165) is 43.5 Å². The molecule has 0 radical (unpaired) electrons. The van der Waals surface area contributed by atoms with Crippen molar-refractivity contribution in [1.29, 1.82) is 0 Å². The number of ketones is 1. The van der Waals surface area contributed by atoms with Crippen LogP contribution in [0.1, 0.15) is 106 Å². The Bertz CT molecular complexity index is 847. The quantitative estimate of drug-likeness (QED) is 0.250. The third kappa shape index (κ3) is 3.25. The van der Waals surface area contributed by atoms with Crippen LogP contribution >= 0.6 is 0 Å². The fraction of sp³-hybridized carbons (Fsp3) is 0.800. The molecule has 178 valence electrons. The molecule has 7 atom stereocenters. The maximum Gasteiger partial charge on any atom is 0.145 e. The number of allylic oxidation sites excluding steroid dienone is 4. The fourth-order valence-corrected chi connectivity index (χ4v) is 9.29. The molecule has 0 aromatic carbocycles. The second kappa shape index (κ2) is 7.95. The fourth-order valence-electron chi connectivity index (χ4n) is 9.29. The van der Waals surface area contributed by atoms with Crippen molar-refractivity contribution in [3.05, 3.63) is 23.3 Å². The van der Waals surface area contributed by atoms with Crippen LogP contribution < -0.4 is 0 Å². The van der Waals surface area contributed by atoms with E-state index in [2.05, 4.69) is 53.7 Å². The van der Waals surface area contributed by atoms with Crippen molar-refractivity contribution in [3.8, 4) is 0 Å². The maximum absolute atomic E-state index is 12.8.